The van der Waals surface area contributed by atoms with Gasteiger partial charge in [0.15, 0.2) is 17.2 Å². The summed E-state index contributed by atoms with van der Waals surface area (Å²) in [7, 11) is 2.97. The van der Waals surface area contributed by atoms with E-state index < -0.39 is 42.9 Å². The predicted octanol–water partition coefficient (Wildman–Crippen LogP) is 2.90. The Hall–Kier alpha value is -2.92. The van der Waals surface area contributed by atoms with Gasteiger partial charge in [0.05, 0.1) is 19.1 Å². The summed E-state index contributed by atoms with van der Waals surface area (Å²) in [6.07, 6.45) is 1.66. The van der Waals surface area contributed by atoms with Crippen LogP contribution in [-0.4, -0.2) is 74.8 Å². The number of carbonyl (C=O) groups excluding carboxylic acids is 3. The van der Waals surface area contributed by atoms with E-state index in [4.69, 9.17) is 28.4 Å². The number of hydrogen-bond donors (Lipinski definition) is 1. The number of amides is 1. The maximum absolute atomic E-state index is 13.2. The number of pyridine rings is 1. The van der Waals surface area contributed by atoms with E-state index in [0.717, 1.165) is 0 Å². The van der Waals surface area contributed by atoms with E-state index in [1.807, 2.05) is 0 Å². The molecule has 1 aliphatic rings. The van der Waals surface area contributed by atoms with Crippen LogP contribution in [0.15, 0.2) is 12.3 Å². The van der Waals surface area contributed by atoms with Gasteiger partial charge in [-0.2, -0.15) is 0 Å². The second kappa shape index (κ2) is 14.7. The van der Waals surface area contributed by atoms with Crippen molar-refractivity contribution in [1.82, 2.24) is 10.3 Å². The van der Waals surface area contributed by atoms with Crippen LogP contribution in [0.1, 0.15) is 64.4 Å². The van der Waals surface area contributed by atoms with E-state index >= 15 is 0 Å². The zero-order valence-electron chi connectivity index (χ0n) is 22.8. The van der Waals surface area contributed by atoms with Crippen molar-refractivity contribution in [1.29, 1.82) is 0 Å². The lowest BCUT2D eigenvalue weighted by molar-refractivity contribution is -0.165. The Kier molecular flexibility index (Phi) is 12.1. The SMILES string of the molecule is COc1ccnc(C(=O)N[C@H]2CCC[C@H](OCC(C)C)[C@@H](OC)[C@H](C)OC2=O)c1OCOC(=O)C(C)C. The lowest BCUT2D eigenvalue weighted by Crippen LogP contribution is -2.45. The zero-order chi connectivity index (χ0) is 27.5. The molecular weight excluding hydrogens is 484 g/mol. The lowest BCUT2D eigenvalue weighted by atomic mass is 10.0. The highest BCUT2D eigenvalue weighted by molar-refractivity contribution is 5.98. The summed E-state index contributed by atoms with van der Waals surface area (Å²) in [6, 6.07) is 0.588. The first-order valence-electron chi connectivity index (χ1n) is 12.6. The Bertz CT molecular complexity index is 906. The molecule has 1 amide bonds. The first-order chi connectivity index (χ1) is 17.6. The van der Waals surface area contributed by atoms with Gasteiger partial charge in [-0.3, -0.25) is 9.59 Å². The average Bonchev–Trinajstić information content (AvgIpc) is 2.90. The largest absolute Gasteiger partial charge is 0.493 e. The lowest BCUT2D eigenvalue weighted by Gasteiger charge is -2.30. The number of aromatic nitrogens is 1. The van der Waals surface area contributed by atoms with Crippen LogP contribution in [0.4, 0.5) is 0 Å². The highest BCUT2D eigenvalue weighted by atomic mass is 16.7. The minimum absolute atomic E-state index is 0.00884. The molecule has 1 aromatic rings. The highest BCUT2D eigenvalue weighted by Crippen LogP contribution is 2.30. The molecular formula is C26H40N2O9. The molecule has 0 bridgehead atoms. The Labute approximate surface area is 218 Å². The van der Waals surface area contributed by atoms with Gasteiger partial charge in [-0.1, -0.05) is 27.7 Å². The van der Waals surface area contributed by atoms with Crippen LogP contribution in [0.25, 0.3) is 0 Å². The molecule has 208 valence electrons. The average molecular weight is 525 g/mol. The van der Waals surface area contributed by atoms with Crippen molar-refractivity contribution in [3.05, 3.63) is 18.0 Å². The van der Waals surface area contributed by atoms with Gasteiger partial charge < -0.3 is 33.7 Å². The molecule has 11 nitrogen and oxygen atoms in total. The van der Waals surface area contributed by atoms with Gasteiger partial charge in [0.1, 0.15) is 18.2 Å². The summed E-state index contributed by atoms with van der Waals surface area (Å²) in [6.45, 7) is 9.37. The number of carbonyl (C=O) groups is 3. The number of cyclic esters (lactones) is 1. The Morgan fingerprint density at radius 3 is 2.54 bits per heavy atom. The number of methoxy groups -OCH3 is 2. The van der Waals surface area contributed by atoms with E-state index in [1.165, 1.54) is 19.4 Å². The second-order valence-electron chi connectivity index (χ2n) is 9.64. The Balaban J connectivity index is 2.17. The van der Waals surface area contributed by atoms with Gasteiger partial charge in [-0.25, -0.2) is 9.78 Å². The molecule has 0 radical (unpaired) electrons. The van der Waals surface area contributed by atoms with Crippen molar-refractivity contribution < 1.29 is 42.8 Å². The molecule has 0 aliphatic carbocycles. The molecule has 37 heavy (non-hydrogen) atoms. The van der Waals surface area contributed by atoms with Gasteiger partial charge in [-0.05, 0) is 32.1 Å². The minimum atomic E-state index is -0.920. The molecule has 1 aliphatic heterocycles. The summed E-state index contributed by atoms with van der Waals surface area (Å²) in [5.41, 5.74) is -0.117. The van der Waals surface area contributed by atoms with E-state index in [1.54, 1.807) is 27.9 Å². The van der Waals surface area contributed by atoms with Crippen molar-refractivity contribution in [3.8, 4) is 11.5 Å². The molecule has 1 N–H and O–H groups in total. The van der Waals surface area contributed by atoms with E-state index in [2.05, 4.69) is 24.1 Å². The Morgan fingerprint density at radius 1 is 1.19 bits per heavy atom. The fourth-order valence-electron chi connectivity index (χ4n) is 3.84. The quantitative estimate of drug-likeness (QED) is 0.340. The fraction of sp³-hybridized carbons (Fsp3) is 0.692. The summed E-state index contributed by atoms with van der Waals surface area (Å²) in [4.78, 5) is 42.1. The molecule has 2 rings (SSSR count). The van der Waals surface area contributed by atoms with E-state index in [0.29, 0.717) is 31.8 Å². The minimum Gasteiger partial charge on any atom is -0.493 e. The molecule has 0 aromatic carbocycles. The Morgan fingerprint density at radius 2 is 1.92 bits per heavy atom. The number of ether oxygens (including phenoxy) is 6. The second-order valence-corrected chi connectivity index (χ2v) is 9.64. The molecule has 1 fully saturated rings. The van der Waals surface area contributed by atoms with Crippen LogP contribution in [0.2, 0.25) is 0 Å². The molecule has 0 unspecified atom stereocenters. The van der Waals surface area contributed by atoms with Crippen LogP contribution < -0.4 is 14.8 Å². The number of esters is 2. The third kappa shape index (κ3) is 8.85. The molecule has 1 aromatic heterocycles. The molecule has 4 atom stereocenters. The maximum atomic E-state index is 13.2. The summed E-state index contributed by atoms with van der Waals surface area (Å²) >= 11 is 0. The molecule has 1 saturated heterocycles. The van der Waals surface area contributed by atoms with Gasteiger partial charge in [0.2, 0.25) is 6.79 Å². The van der Waals surface area contributed by atoms with E-state index in [9.17, 15) is 14.4 Å². The predicted molar refractivity (Wildman–Crippen MR) is 133 cm³/mol. The van der Waals surface area contributed by atoms with Gasteiger partial charge in [0, 0.05) is 26.0 Å². The van der Waals surface area contributed by atoms with Crippen molar-refractivity contribution in [2.75, 3.05) is 27.6 Å². The van der Waals surface area contributed by atoms with Crippen LogP contribution >= 0.6 is 0 Å². The van der Waals surface area contributed by atoms with Crippen molar-refractivity contribution >= 4 is 17.8 Å². The summed E-state index contributed by atoms with van der Waals surface area (Å²) < 4.78 is 33.2. The molecule has 11 heteroatoms. The number of nitrogens with one attached hydrogen (secondary N) is 1. The van der Waals surface area contributed by atoms with Gasteiger partial charge >= 0.3 is 11.9 Å². The maximum Gasteiger partial charge on any atom is 0.329 e. The third-order valence-corrected chi connectivity index (χ3v) is 5.80. The first-order valence-corrected chi connectivity index (χ1v) is 12.6. The third-order valence-electron chi connectivity index (χ3n) is 5.80. The summed E-state index contributed by atoms with van der Waals surface area (Å²) in [5.74, 6) is -1.48. The normalized spacial score (nSPS) is 22.5. The van der Waals surface area contributed by atoms with Gasteiger partial charge in [0.25, 0.3) is 5.91 Å². The highest BCUT2D eigenvalue weighted by Gasteiger charge is 2.35. The van der Waals surface area contributed by atoms with Crippen LogP contribution in [0, 0.1) is 11.8 Å². The summed E-state index contributed by atoms with van der Waals surface area (Å²) in [5, 5.41) is 2.71. The van der Waals surface area contributed by atoms with Crippen molar-refractivity contribution in [2.45, 2.75) is 78.2 Å². The van der Waals surface area contributed by atoms with Crippen molar-refractivity contribution in [2.24, 2.45) is 11.8 Å². The molecule has 0 saturated carbocycles. The topological polar surface area (TPSA) is 132 Å². The molecule has 2 heterocycles. The fourth-order valence-corrected chi connectivity index (χ4v) is 3.84. The first kappa shape index (κ1) is 30.3. The van der Waals surface area contributed by atoms with Crippen LogP contribution in [0.3, 0.4) is 0 Å². The number of rotatable bonds is 11. The number of nitrogens with zero attached hydrogens (tertiary/aromatic N) is 1. The monoisotopic (exact) mass is 524 g/mol. The van der Waals surface area contributed by atoms with E-state index in [-0.39, 0.29) is 29.2 Å². The van der Waals surface area contributed by atoms with Crippen molar-refractivity contribution in [3.63, 3.8) is 0 Å². The standard InChI is InChI=1S/C26H40N2O9/c1-15(2)13-34-20-10-8-9-18(26(31)37-17(5)22(20)33-7)28-24(29)21-23(19(32-6)11-12-27-21)35-14-36-25(30)16(3)4/h11-12,15-18,20,22H,8-10,13-14H2,1-7H3,(H,28,29)/t17-,18-,20-,22-/m0/s1. The molecule has 0 spiro atoms. The number of hydrogen-bond acceptors (Lipinski definition) is 10. The smallest absolute Gasteiger partial charge is 0.329 e. The van der Waals surface area contributed by atoms with Gasteiger partial charge in [-0.15, -0.1) is 0 Å². The zero-order valence-corrected chi connectivity index (χ0v) is 22.8. The van der Waals surface area contributed by atoms with Crippen LogP contribution in [-0.2, 0) is 28.5 Å². The van der Waals surface area contributed by atoms with Crippen LogP contribution in [0.5, 0.6) is 11.5 Å².